The van der Waals surface area contributed by atoms with Gasteiger partial charge in [0.25, 0.3) is 0 Å². The lowest BCUT2D eigenvalue weighted by Crippen LogP contribution is -2.39. The third-order valence-corrected chi connectivity index (χ3v) is 2.67. The van der Waals surface area contributed by atoms with Crippen molar-refractivity contribution in [2.24, 2.45) is 0 Å². The summed E-state index contributed by atoms with van der Waals surface area (Å²) in [6.45, 7) is 1.44. The van der Waals surface area contributed by atoms with Gasteiger partial charge in [-0.05, 0) is 47.2 Å². The maximum absolute atomic E-state index is 11.5. The Morgan fingerprint density at radius 2 is 2.19 bits per heavy atom. The predicted octanol–water partition coefficient (Wildman–Crippen LogP) is 1.42. The van der Waals surface area contributed by atoms with Crippen LogP contribution in [0.4, 0.5) is 0 Å². The van der Waals surface area contributed by atoms with Crippen LogP contribution in [-0.2, 0) is 16.0 Å². The molecule has 0 saturated heterocycles. The van der Waals surface area contributed by atoms with Crippen molar-refractivity contribution in [1.29, 1.82) is 0 Å². The molecule has 1 amide bonds. The van der Waals surface area contributed by atoms with Crippen LogP contribution in [0.3, 0.4) is 0 Å². The van der Waals surface area contributed by atoms with Gasteiger partial charge in [-0.3, -0.25) is 9.59 Å². The first-order valence-electron chi connectivity index (χ1n) is 4.75. The minimum Gasteiger partial charge on any atom is -0.480 e. The van der Waals surface area contributed by atoms with E-state index in [2.05, 4.69) is 27.9 Å². The first kappa shape index (κ1) is 13.0. The molecule has 0 fully saturated rings. The standard InChI is InChI=1S/C11H12INO3/c1-7(11(15)16)13-10(14)6-8-3-2-4-9(12)5-8/h2-5,7H,6H2,1H3,(H,13,14)(H,15,16)/t7-/m0/s1. The van der Waals surface area contributed by atoms with E-state index < -0.39 is 12.0 Å². The van der Waals surface area contributed by atoms with Crippen LogP contribution >= 0.6 is 22.6 Å². The second-order valence-corrected chi connectivity index (χ2v) is 4.68. The van der Waals surface area contributed by atoms with Crippen LogP contribution in [0, 0.1) is 3.57 Å². The van der Waals surface area contributed by atoms with Crippen molar-refractivity contribution in [1.82, 2.24) is 5.32 Å². The first-order valence-corrected chi connectivity index (χ1v) is 5.83. The summed E-state index contributed by atoms with van der Waals surface area (Å²) in [5.74, 6) is -1.31. The lowest BCUT2D eigenvalue weighted by atomic mass is 10.1. The van der Waals surface area contributed by atoms with Crippen molar-refractivity contribution < 1.29 is 14.7 Å². The van der Waals surface area contributed by atoms with E-state index >= 15 is 0 Å². The minimum atomic E-state index is -1.03. The Hall–Kier alpha value is -1.11. The highest BCUT2D eigenvalue weighted by Gasteiger charge is 2.13. The van der Waals surface area contributed by atoms with E-state index in [0.717, 1.165) is 9.13 Å². The number of hydrogen-bond donors (Lipinski definition) is 2. The zero-order valence-electron chi connectivity index (χ0n) is 8.74. The summed E-state index contributed by atoms with van der Waals surface area (Å²) in [7, 11) is 0. The maximum Gasteiger partial charge on any atom is 0.325 e. The molecule has 1 rings (SSSR count). The van der Waals surface area contributed by atoms with Crippen LogP contribution < -0.4 is 5.32 Å². The molecule has 0 aliphatic carbocycles. The molecular formula is C11H12INO3. The van der Waals surface area contributed by atoms with Gasteiger partial charge in [0.1, 0.15) is 6.04 Å². The summed E-state index contributed by atoms with van der Waals surface area (Å²) in [5.41, 5.74) is 0.877. The zero-order valence-corrected chi connectivity index (χ0v) is 10.9. The molecule has 0 radical (unpaired) electrons. The smallest absolute Gasteiger partial charge is 0.325 e. The quantitative estimate of drug-likeness (QED) is 0.819. The number of hydrogen-bond acceptors (Lipinski definition) is 2. The highest BCUT2D eigenvalue weighted by Crippen LogP contribution is 2.08. The Kier molecular flexibility index (Phi) is 4.72. The normalized spacial score (nSPS) is 11.9. The average molecular weight is 333 g/mol. The number of amides is 1. The zero-order chi connectivity index (χ0) is 12.1. The Morgan fingerprint density at radius 1 is 1.50 bits per heavy atom. The lowest BCUT2D eigenvalue weighted by molar-refractivity contribution is -0.141. The average Bonchev–Trinajstić information content (AvgIpc) is 2.16. The summed E-state index contributed by atoms with van der Waals surface area (Å²) in [6, 6.07) is 6.68. The molecular weight excluding hydrogens is 321 g/mol. The number of carbonyl (C=O) groups is 2. The van der Waals surface area contributed by atoms with Crippen LogP contribution in [0.15, 0.2) is 24.3 Å². The van der Waals surface area contributed by atoms with E-state index in [1.54, 1.807) is 0 Å². The molecule has 0 aromatic heterocycles. The number of carboxylic acids is 1. The second kappa shape index (κ2) is 5.83. The maximum atomic E-state index is 11.5. The van der Waals surface area contributed by atoms with Gasteiger partial charge in [0, 0.05) is 3.57 Å². The van der Waals surface area contributed by atoms with Gasteiger partial charge in [-0.25, -0.2) is 0 Å². The van der Waals surface area contributed by atoms with E-state index in [-0.39, 0.29) is 12.3 Å². The monoisotopic (exact) mass is 333 g/mol. The molecule has 0 aliphatic heterocycles. The van der Waals surface area contributed by atoms with E-state index in [0.29, 0.717) is 0 Å². The van der Waals surface area contributed by atoms with E-state index in [1.165, 1.54) is 6.92 Å². The van der Waals surface area contributed by atoms with Gasteiger partial charge >= 0.3 is 5.97 Å². The minimum absolute atomic E-state index is 0.203. The summed E-state index contributed by atoms with van der Waals surface area (Å²) in [4.78, 5) is 22.0. The molecule has 0 aliphatic rings. The van der Waals surface area contributed by atoms with Crippen LogP contribution in [0.25, 0.3) is 0 Å². The molecule has 2 N–H and O–H groups in total. The van der Waals surface area contributed by atoms with Gasteiger partial charge < -0.3 is 10.4 Å². The molecule has 1 aromatic carbocycles. The Bertz CT molecular complexity index is 406. The molecule has 0 heterocycles. The molecule has 16 heavy (non-hydrogen) atoms. The molecule has 0 unspecified atom stereocenters. The number of nitrogens with one attached hydrogen (secondary N) is 1. The number of aliphatic carboxylic acids is 1. The summed E-state index contributed by atoms with van der Waals surface area (Å²) in [6.07, 6.45) is 0.203. The largest absolute Gasteiger partial charge is 0.480 e. The van der Waals surface area contributed by atoms with Gasteiger partial charge in [0.15, 0.2) is 0 Å². The highest BCUT2D eigenvalue weighted by molar-refractivity contribution is 14.1. The van der Waals surface area contributed by atoms with E-state index in [4.69, 9.17) is 5.11 Å². The summed E-state index contributed by atoms with van der Waals surface area (Å²) in [5, 5.41) is 11.0. The van der Waals surface area contributed by atoms with Crippen molar-refractivity contribution in [3.05, 3.63) is 33.4 Å². The van der Waals surface area contributed by atoms with Gasteiger partial charge in [0.05, 0.1) is 6.42 Å². The van der Waals surface area contributed by atoms with Gasteiger partial charge in [-0.1, -0.05) is 12.1 Å². The Labute approximate surface area is 107 Å². The number of halogens is 1. The molecule has 1 atom stereocenters. The van der Waals surface area contributed by atoms with Crippen LogP contribution in [0.2, 0.25) is 0 Å². The van der Waals surface area contributed by atoms with Gasteiger partial charge in [-0.2, -0.15) is 0 Å². The number of benzene rings is 1. The number of rotatable bonds is 4. The summed E-state index contributed by atoms with van der Waals surface area (Å²) >= 11 is 2.16. The molecule has 86 valence electrons. The van der Waals surface area contributed by atoms with Crippen LogP contribution in [0.5, 0.6) is 0 Å². The third-order valence-electron chi connectivity index (χ3n) is 2.00. The van der Waals surface area contributed by atoms with Crippen LogP contribution in [0.1, 0.15) is 12.5 Å². The van der Waals surface area contributed by atoms with Gasteiger partial charge in [0.2, 0.25) is 5.91 Å². The fraction of sp³-hybridized carbons (Fsp3) is 0.273. The first-order chi connectivity index (χ1) is 7.49. The number of carboxylic acid groups (broad SMARTS) is 1. The topological polar surface area (TPSA) is 66.4 Å². The van der Waals surface area contributed by atoms with E-state index in [1.807, 2.05) is 24.3 Å². The Balaban J connectivity index is 2.55. The second-order valence-electron chi connectivity index (χ2n) is 3.43. The predicted molar refractivity (Wildman–Crippen MR) is 68.1 cm³/mol. The highest BCUT2D eigenvalue weighted by atomic mass is 127. The molecule has 0 saturated carbocycles. The number of carbonyl (C=O) groups excluding carboxylic acids is 1. The summed E-state index contributed by atoms with van der Waals surface area (Å²) < 4.78 is 1.05. The molecule has 5 heteroatoms. The van der Waals surface area contributed by atoms with Crippen molar-refractivity contribution >= 4 is 34.5 Å². The Morgan fingerprint density at radius 3 is 2.75 bits per heavy atom. The fourth-order valence-electron chi connectivity index (χ4n) is 1.19. The van der Waals surface area contributed by atoms with Crippen molar-refractivity contribution in [3.63, 3.8) is 0 Å². The molecule has 0 bridgehead atoms. The van der Waals surface area contributed by atoms with Crippen molar-refractivity contribution in [2.45, 2.75) is 19.4 Å². The lowest BCUT2D eigenvalue weighted by Gasteiger charge is -2.09. The molecule has 1 aromatic rings. The van der Waals surface area contributed by atoms with Crippen molar-refractivity contribution in [2.75, 3.05) is 0 Å². The molecule has 0 spiro atoms. The molecule has 4 nitrogen and oxygen atoms in total. The van der Waals surface area contributed by atoms with Crippen LogP contribution in [-0.4, -0.2) is 23.0 Å². The van der Waals surface area contributed by atoms with E-state index in [9.17, 15) is 9.59 Å². The SMILES string of the molecule is C[C@H](NC(=O)Cc1cccc(I)c1)C(=O)O. The van der Waals surface area contributed by atoms with Crippen molar-refractivity contribution in [3.8, 4) is 0 Å². The van der Waals surface area contributed by atoms with Gasteiger partial charge in [-0.15, -0.1) is 0 Å². The third kappa shape index (κ3) is 4.18. The fourth-order valence-corrected chi connectivity index (χ4v) is 1.79.